The molecule has 2 atom stereocenters. The number of carbonyl (C=O) groups excluding carboxylic acids is 2. The fraction of sp³-hybridized carbons (Fsp3) is 0.529. The van der Waals surface area contributed by atoms with Crippen molar-refractivity contribution in [3.8, 4) is 0 Å². The van der Waals surface area contributed by atoms with Crippen LogP contribution in [0, 0.1) is 5.92 Å². The first-order chi connectivity index (χ1) is 10.6. The second-order valence-corrected chi connectivity index (χ2v) is 5.92. The molecule has 1 saturated heterocycles. The molecule has 5 nitrogen and oxygen atoms in total. The molecule has 1 heterocycles. The SMILES string of the molecule is CC(CN)C(=O)NC(Cc1ccccc1)C(=O)N1CCCC1.Cl. The second-order valence-electron chi connectivity index (χ2n) is 5.92. The van der Waals surface area contributed by atoms with Crippen molar-refractivity contribution in [1.29, 1.82) is 0 Å². The van der Waals surface area contributed by atoms with Crippen LogP contribution in [0.3, 0.4) is 0 Å². The maximum atomic E-state index is 12.7. The van der Waals surface area contributed by atoms with Crippen molar-refractivity contribution < 1.29 is 9.59 Å². The number of nitrogens with one attached hydrogen (secondary N) is 1. The van der Waals surface area contributed by atoms with E-state index in [4.69, 9.17) is 5.73 Å². The lowest BCUT2D eigenvalue weighted by Crippen LogP contribution is -2.50. The molecule has 0 aromatic heterocycles. The summed E-state index contributed by atoms with van der Waals surface area (Å²) in [4.78, 5) is 26.7. The van der Waals surface area contributed by atoms with E-state index in [2.05, 4.69) is 5.32 Å². The standard InChI is InChI=1S/C17H25N3O2.ClH/c1-13(12-18)16(21)19-15(11-14-7-3-2-4-8-14)17(22)20-9-5-6-10-20;/h2-4,7-8,13,15H,5-6,9-12,18H2,1H3,(H,19,21);1H. The van der Waals surface area contributed by atoms with Gasteiger partial charge in [0.05, 0.1) is 0 Å². The molecule has 1 aliphatic rings. The lowest BCUT2D eigenvalue weighted by Gasteiger charge is -2.25. The van der Waals surface area contributed by atoms with Crippen molar-refractivity contribution in [1.82, 2.24) is 10.2 Å². The predicted molar refractivity (Wildman–Crippen MR) is 93.4 cm³/mol. The number of likely N-dealkylation sites (tertiary alicyclic amines) is 1. The van der Waals surface area contributed by atoms with Gasteiger partial charge in [0, 0.05) is 32.0 Å². The van der Waals surface area contributed by atoms with E-state index in [1.165, 1.54) is 0 Å². The summed E-state index contributed by atoms with van der Waals surface area (Å²) in [6.07, 6.45) is 2.59. The van der Waals surface area contributed by atoms with E-state index in [-0.39, 0.29) is 36.7 Å². The van der Waals surface area contributed by atoms with Crippen molar-refractivity contribution in [2.45, 2.75) is 32.2 Å². The lowest BCUT2D eigenvalue weighted by atomic mass is 10.0. The van der Waals surface area contributed by atoms with Crippen molar-refractivity contribution in [2.24, 2.45) is 11.7 Å². The Labute approximate surface area is 144 Å². The fourth-order valence-electron chi connectivity index (χ4n) is 2.63. The monoisotopic (exact) mass is 339 g/mol. The normalized spacial score (nSPS) is 16.3. The zero-order valence-corrected chi connectivity index (χ0v) is 14.3. The Morgan fingerprint density at radius 1 is 1.22 bits per heavy atom. The van der Waals surface area contributed by atoms with E-state index in [0.717, 1.165) is 31.5 Å². The number of nitrogens with zero attached hydrogens (tertiary/aromatic N) is 1. The van der Waals surface area contributed by atoms with Crippen molar-refractivity contribution in [2.75, 3.05) is 19.6 Å². The van der Waals surface area contributed by atoms with Crippen molar-refractivity contribution in [3.05, 3.63) is 35.9 Å². The number of nitrogens with two attached hydrogens (primary N) is 1. The molecule has 1 fully saturated rings. The molecule has 2 unspecified atom stereocenters. The third-order valence-electron chi connectivity index (χ3n) is 4.12. The topological polar surface area (TPSA) is 75.4 Å². The molecule has 23 heavy (non-hydrogen) atoms. The number of halogens is 1. The summed E-state index contributed by atoms with van der Waals surface area (Å²) in [5, 5.41) is 2.88. The highest BCUT2D eigenvalue weighted by Crippen LogP contribution is 2.12. The summed E-state index contributed by atoms with van der Waals surface area (Å²) in [6, 6.07) is 9.26. The summed E-state index contributed by atoms with van der Waals surface area (Å²) in [5.41, 5.74) is 6.59. The van der Waals surface area contributed by atoms with E-state index >= 15 is 0 Å². The summed E-state index contributed by atoms with van der Waals surface area (Å²) in [5.74, 6) is -0.431. The van der Waals surface area contributed by atoms with Gasteiger partial charge in [0.15, 0.2) is 0 Å². The van der Waals surface area contributed by atoms with Crippen LogP contribution in [0.25, 0.3) is 0 Å². The van der Waals surface area contributed by atoms with Crippen LogP contribution in [0.15, 0.2) is 30.3 Å². The van der Waals surface area contributed by atoms with Crippen LogP contribution in [-0.2, 0) is 16.0 Å². The van der Waals surface area contributed by atoms with Crippen LogP contribution >= 0.6 is 12.4 Å². The van der Waals surface area contributed by atoms with Gasteiger partial charge in [-0.25, -0.2) is 0 Å². The number of hydrogen-bond acceptors (Lipinski definition) is 3. The van der Waals surface area contributed by atoms with E-state index in [0.29, 0.717) is 6.42 Å². The van der Waals surface area contributed by atoms with Gasteiger partial charge in [-0.3, -0.25) is 9.59 Å². The van der Waals surface area contributed by atoms with Gasteiger partial charge in [0.25, 0.3) is 0 Å². The molecule has 1 aromatic rings. The maximum absolute atomic E-state index is 12.7. The molecule has 6 heteroatoms. The maximum Gasteiger partial charge on any atom is 0.245 e. The second kappa shape index (κ2) is 9.53. The minimum Gasteiger partial charge on any atom is -0.344 e. The number of rotatable bonds is 6. The first-order valence-corrected chi connectivity index (χ1v) is 7.95. The molecule has 0 bridgehead atoms. The van der Waals surface area contributed by atoms with Gasteiger partial charge in [-0.05, 0) is 18.4 Å². The predicted octanol–water partition coefficient (Wildman–Crippen LogP) is 1.35. The molecular weight excluding hydrogens is 314 g/mol. The number of carbonyl (C=O) groups is 2. The van der Waals surface area contributed by atoms with Crippen LogP contribution in [0.5, 0.6) is 0 Å². The van der Waals surface area contributed by atoms with Crippen molar-refractivity contribution >= 4 is 24.2 Å². The first kappa shape index (κ1) is 19.5. The average Bonchev–Trinajstić information content (AvgIpc) is 3.08. The highest BCUT2D eigenvalue weighted by Gasteiger charge is 2.28. The first-order valence-electron chi connectivity index (χ1n) is 7.95. The Morgan fingerprint density at radius 3 is 2.39 bits per heavy atom. The van der Waals surface area contributed by atoms with Gasteiger partial charge in [0.2, 0.25) is 11.8 Å². The summed E-state index contributed by atoms with van der Waals surface area (Å²) in [6.45, 7) is 3.62. The van der Waals surface area contributed by atoms with Crippen LogP contribution in [0.4, 0.5) is 0 Å². The molecule has 0 saturated carbocycles. The van der Waals surface area contributed by atoms with Gasteiger partial charge >= 0.3 is 0 Å². The zero-order valence-electron chi connectivity index (χ0n) is 13.5. The van der Waals surface area contributed by atoms with Crippen LogP contribution < -0.4 is 11.1 Å². The summed E-state index contributed by atoms with van der Waals surface area (Å²) in [7, 11) is 0. The van der Waals surface area contributed by atoms with Gasteiger partial charge < -0.3 is 16.0 Å². The fourth-order valence-corrected chi connectivity index (χ4v) is 2.63. The molecule has 0 radical (unpaired) electrons. The molecule has 3 N–H and O–H groups in total. The third kappa shape index (κ3) is 5.52. The largest absolute Gasteiger partial charge is 0.344 e. The highest BCUT2D eigenvalue weighted by atomic mass is 35.5. The van der Waals surface area contributed by atoms with Gasteiger partial charge in [-0.2, -0.15) is 0 Å². The smallest absolute Gasteiger partial charge is 0.245 e. The quantitative estimate of drug-likeness (QED) is 0.821. The minimum atomic E-state index is -0.512. The van der Waals surface area contributed by atoms with E-state index in [9.17, 15) is 9.59 Å². The molecule has 0 aliphatic carbocycles. The van der Waals surface area contributed by atoms with E-state index < -0.39 is 6.04 Å². The average molecular weight is 340 g/mol. The Hall–Kier alpha value is -1.59. The molecular formula is C17H26ClN3O2. The number of amides is 2. The number of benzene rings is 1. The van der Waals surface area contributed by atoms with Crippen LogP contribution in [-0.4, -0.2) is 42.4 Å². The Morgan fingerprint density at radius 2 is 1.83 bits per heavy atom. The lowest BCUT2D eigenvalue weighted by molar-refractivity contribution is -0.136. The van der Waals surface area contributed by atoms with Gasteiger partial charge in [-0.1, -0.05) is 37.3 Å². The molecule has 1 aromatic carbocycles. The Bertz CT molecular complexity index is 504. The van der Waals surface area contributed by atoms with E-state index in [1.807, 2.05) is 35.2 Å². The van der Waals surface area contributed by atoms with Gasteiger partial charge in [0.1, 0.15) is 6.04 Å². The minimum absolute atomic E-state index is 0. The molecule has 1 aliphatic heterocycles. The molecule has 0 spiro atoms. The van der Waals surface area contributed by atoms with E-state index in [1.54, 1.807) is 6.92 Å². The Kier molecular flexibility index (Phi) is 8.06. The van der Waals surface area contributed by atoms with Gasteiger partial charge in [-0.15, -0.1) is 12.4 Å². The Balaban J connectivity index is 0.00000264. The summed E-state index contributed by atoms with van der Waals surface area (Å²) < 4.78 is 0. The molecule has 128 valence electrons. The number of hydrogen-bond donors (Lipinski definition) is 2. The molecule has 2 amide bonds. The highest BCUT2D eigenvalue weighted by molar-refractivity contribution is 5.88. The zero-order chi connectivity index (χ0) is 15.9. The van der Waals surface area contributed by atoms with Crippen LogP contribution in [0.2, 0.25) is 0 Å². The molecule has 2 rings (SSSR count). The van der Waals surface area contributed by atoms with Crippen LogP contribution in [0.1, 0.15) is 25.3 Å². The summed E-state index contributed by atoms with van der Waals surface area (Å²) >= 11 is 0. The third-order valence-corrected chi connectivity index (χ3v) is 4.12. The van der Waals surface area contributed by atoms with Crippen molar-refractivity contribution in [3.63, 3.8) is 0 Å².